The van der Waals surface area contributed by atoms with Crippen molar-refractivity contribution in [2.45, 2.75) is 0 Å². The summed E-state index contributed by atoms with van der Waals surface area (Å²) in [5.74, 6) is -0.594. The fraction of sp³-hybridized carbons (Fsp3) is 0. The number of aromatic nitrogens is 3. The molecule has 26 heavy (non-hydrogen) atoms. The number of anilines is 1. The maximum absolute atomic E-state index is 11.6. The number of aromatic amines is 1. The van der Waals surface area contributed by atoms with E-state index in [0.29, 0.717) is 33.7 Å². The molecule has 5 N–H and O–H groups in total. The van der Waals surface area contributed by atoms with Crippen LogP contribution in [-0.4, -0.2) is 31.4 Å². The van der Waals surface area contributed by atoms with Gasteiger partial charge in [0.2, 0.25) is 0 Å². The van der Waals surface area contributed by atoms with Gasteiger partial charge in [-0.3, -0.25) is 5.10 Å². The van der Waals surface area contributed by atoms with Crippen molar-refractivity contribution in [3.05, 3.63) is 60.2 Å². The number of phenols is 1. The topological polar surface area (TPSA) is 125 Å². The van der Waals surface area contributed by atoms with Gasteiger partial charge in [-0.25, -0.2) is 9.78 Å². The zero-order valence-corrected chi connectivity index (χ0v) is 13.5. The SMILES string of the molecule is Nc1n[nH]c2cc(-c3ccccc3C(=O)O)nc(-c3ccc(O)cc3)c12. The average Bonchev–Trinajstić information content (AvgIpc) is 3.03. The number of H-pyrrole nitrogens is 1. The highest BCUT2D eigenvalue weighted by atomic mass is 16.4. The molecule has 0 aliphatic carbocycles. The minimum absolute atomic E-state index is 0.137. The Balaban J connectivity index is 2.02. The lowest BCUT2D eigenvalue weighted by atomic mass is 10.0. The highest BCUT2D eigenvalue weighted by molar-refractivity contribution is 6.03. The van der Waals surface area contributed by atoms with Crippen molar-refractivity contribution >= 4 is 22.7 Å². The van der Waals surface area contributed by atoms with E-state index >= 15 is 0 Å². The molecule has 2 aromatic heterocycles. The Morgan fingerprint density at radius 3 is 2.54 bits per heavy atom. The van der Waals surface area contributed by atoms with Crippen LogP contribution in [0.5, 0.6) is 5.75 Å². The number of rotatable bonds is 3. The Hall–Kier alpha value is -3.87. The quantitative estimate of drug-likeness (QED) is 0.451. The van der Waals surface area contributed by atoms with Gasteiger partial charge in [0.1, 0.15) is 5.75 Å². The number of hydrogen-bond acceptors (Lipinski definition) is 5. The first-order valence-corrected chi connectivity index (χ1v) is 7.81. The fourth-order valence-corrected chi connectivity index (χ4v) is 2.93. The highest BCUT2D eigenvalue weighted by Crippen LogP contribution is 2.34. The summed E-state index contributed by atoms with van der Waals surface area (Å²) in [6, 6.07) is 14.9. The first kappa shape index (κ1) is 15.6. The number of benzene rings is 2. The lowest BCUT2D eigenvalue weighted by Crippen LogP contribution is -2.01. The van der Waals surface area contributed by atoms with Gasteiger partial charge in [0, 0.05) is 11.1 Å². The van der Waals surface area contributed by atoms with Crippen LogP contribution in [0.1, 0.15) is 10.4 Å². The number of carboxylic acid groups (broad SMARTS) is 1. The van der Waals surface area contributed by atoms with E-state index in [-0.39, 0.29) is 11.3 Å². The van der Waals surface area contributed by atoms with Crippen LogP contribution in [0, 0.1) is 0 Å². The van der Waals surface area contributed by atoms with E-state index in [0.717, 1.165) is 5.56 Å². The molecule has 0 saturated heterocycles. The molecule has 0 atom stereocenters. The first-order valence-electron chi connectivity index (χ1n) is 7.81. The number of aromatic hydroxyl groups is 1. The Bertz CT molecular complexity index is 1130. The van der Waals surface area contributed by atoms with Crippen molar-refractivity contribution in [1.29, 1.82) is 0 Å². The van der Waals surface area contributed by atoms with E-state index in [1.54, 1.807) is 48.5 Å². The van der Waals surface area contributed by atoms with Crippen LogP contribution in [0.2, 0.25) is 0 Å². The van der Waals surface area contributed by atoms with Crippen LogP contribution in [0.15, 0.2) is 54.6 Å². The summed E-state index contributed by atoms with van der Waals surface area (Å²) in [5.41, 5.74) is 9.07. The third-order valence-electron chi connectivity index (χ3n) is 4.15. The summed E-state index contributed by atoms with van der Waals surface area (Å²) in [6.45, 7) is 0. The molecule has 0 saturated carbocycles. The molecule has 0 spiro atoms. The molecular formula is C19H14N4O3. The third-order valence-corrected chi connectivity index (χ3v) is 4.15. The lowest BCUT2D eigenvalue weighted by Gasteiger charge is -2.10. The summed E-state index contributed by atoms with van der Waals surface area (Å²) in [6.07, 6.45) is 0. The van der Waals surface area contributed by atoms with Gasteiger partial charge in [-0.05, 0) is 36.4 Å². The molecule has 128 valence electrons. The van der Waals surface area contributed by atoms with Gasteiger partial charge in [-0.2, -0.15) is 5.10 Å². The summed E-state index contributed by atoms with van der Waals surface area (Å²) in [4.78, 5) is 16.2. The minimum atomic E-state index is -1.03. The molecule has 2 heterocycles. The second-order valence-electron chi connectivity index (χ2n) is 5.79. The van der Waals surface area contributed by atoms with E-state index in [1.165, 1.54) is 6.07 Å². The number of phenolic OH excluding ortho intramolecular Hbond substituents is 1. The lowest BCUT2D eigenvalue weighted by molar-refractivity contribution is 0.0697. The molecule has 4 aromatic rings. The number of nitrogens with zero attached hydrogens (tertiary/aromatic N) is 2. The van der Waals surface area contributed by atoms with Crippen molar-refractivity contribution in [3.63, 3.8) is 0 Å². The number of carbonyl (C=O) groups is 1. The number of hydrogen-bond donors (Lipinski definition) is 4. The van der Waals surface area contributed by atoms with E-state index in [2.05, 4.69) is 15.2 Å². The molecule has 0 fully saturated rings. The summed E-state index contributed by atoms with van der Waals surface area (Å²) < 4.78 is 0. The van der Waals surface area contributed by atoms with Crippen molar-refractivity contribution < 1.29 is 15.0 Å². The van der Waals surface area contributed by atoms with Gasteiger partial charge in [0.15, 0.2) is 5.82 Å². The van der Waals surface area contributed by atoms with Gasteiger partial charge in [-0.1, -0.05) is 18.2 Å². The standard InChI is InChI=1S/C19H14N4O3/c20-18-16-15(22-23-18)9-14(12-3-1-2-4-13(12)19(25)26)21-17(16)10-5-7-11(24)8-6-10/h1-9,24H,(H,25,26)(H3,20,22,23). The average molecular weight is 346 g/mol. The van der Waals surface area contributed by atoms with Gasteiger partial charge in [0.05, 0.1) is 27.9 Å². The normalized spacial score (nSPS) is 10.9. The van der Waals surface area contributed by atoms with E-state index in [1.807, 2.05) is 0 Å². The molecule has 0 aliphatic rings. The fourth-order valence-electron chi connectivity index (χ4n) is 2.93. The van der Waals surface area contributed by atoms with Crippen molar-refractivity contribution in [1.82, 2.24) is 15.2 Å². The Morgan fingerprint density at radius 1 is 1.08 bits per heavy atom. The number of pyridine rings is 1. The Kier molecular flexibility index (Phi) is 3.54. The number of fused-ring (bicyclic) bond motifs is 1. The molecule has 0 amide bonds. The maximum Gasteiger partial charge on any atom is 0.336 e. The monoisotopic (exact) mass is 346 g/mol. The highest BCUT2D eigenvalue weighted by Gasteiger charge is 2.18. The zero-order valence-electron chi connectivity index (χ0n) is 13.5. The van der Waals surface area contributed by atoms with Crippen LogP contribution in [0.3, 0.4) is 0 Å². The Labute approximate surface area is 147 Å². The number of nitrogens with one attached hydrogen (secondary N) is 1. The molecule has 0 unspecified atom stereocenters. The van der Waals surface area contributed by atoms with Crippen molar-refractivity contribution in [3.8, 4) is 28.3 Å². The second-order valence-corrected chi connectivity index (χ2v) is 5.79. The number of nitrogens with two attached hydrogens (primary N) is 1. The smallest absolute Gasteiger partial charge is 0.336 e. The predicted molar refractivity (Wildman–Crippen MR) is 97.8 cm³/mol. The zero-order chi connectivity index (χ0) is 18.3. The summed E-state index contributed by atoms with van der Waals surface area (Å²) in [7, 11) is 0. The van der Waals surface area contributed by atoms with Crippen LogP contribution < -0.4 is 5.73 Å². The molecule has 0 aliphatic heterocycles. The molecule has 2 aromatic carbocycles. The van der Waals surface area contributed by atoms with Crippen LogP contribution >= 0.6 is 0 Å². The Morgan fingerprint density at radius 2 is 1.81 bits per heavy atom. The number of aromatic carboxylic acids is 1. The van der Waals surface area contributed by atoms with Crippen LogP contribution in [-0.2, 0) is 0 Å². The first-order chi connectivity index (χ1) is 12.5. The molecule has 4 rings (SSSR count). The maximum atomic E-state index is 11.6. The van der Waals surface area contributed by atoms with E-state index in [4.69, 9.17) is 5.73 Å². The summed E-state index contributed by atoms with van der Waals surface area (Å²) >= 11 is 0. The largest absolute Gasteiger partial charge is 0.508 e. The van der Waals surface area contributed by atoms with Crippen LogP contribution in [0.4, 0.5) is 5.82 Å². The third kappa shape index (κ3) is 2.51. The van der Waals surface area contributed by atoms with Crippen molar-refractivity contribution in [2.75, 3.05) is 5.73 Å². The van der Waals surface area contributed by atoms with Gasteiger partial charge in [0.25, 0.3) is 0 Å². The summed E-state index contributed by atoms with van der Waals surface area (Å²) in [5, 5.41) is 26.5. The molecule has 7 nitrogen and oxygen atoms in total. The molecule has 7 heteroatoms. The number of carboxylic acids is 1. The van der Waals surface area contributed by atoms with Crippen molar-refractivity contribution in [2.24, 2.45) is 0 Å². The number of nitrogen functional groups attached to an aromatic ring is 1. The second kappa shape index (κ2) is 5.89. The minimum Gasteiger partial charge on any atom is -0.508 e. The van der Waals surface area contributed by atoms with E-state index in [9.17, 15) is 15.0 Å². The predicted octanol–water partition coefficient (Wildman–Crippen LogP) is 3.28. The van der Waals surface area contributed by atoms with Gasteiger partial charge in [-0.15, -0.1) is 0 Å². The van der Waals surface area contributed by atoms with Gasteiger partial charge < -0.3 is 15.9 Å². The molecular weight excluding hydrogens is 332 g/mol. The van der Waals surface area contributed by atoms with E-state index < -0.39 is 5.97 Å². The van der Waals surface area contributed by atoms with Crippen LogP contribution in [0.25, 0.3) is 33.4 Å². The molecule has 0 bridgehead atoms. The van der Waals surface area contributed by atoms with Gasteiger partial charge >= 0.3 is 5.97 Å². The molecule has 0 radical (unpaired) electrons.